The summed E-state index contributed by atoms with van der Waals surface area (Å²) in [7, 11) is 0. The van der Waals surface area contributed by atoms with E-state index in [0.29, 0.717) is 32.1 Å². The second-order valence-corrected chi connectivity index (χ2v) is 11.1. The number of rotatable bonds is 8. The van der Waals surface area contributed by atoms with Gasteiger partial charge in [-0.3, -0.25) is 19.5 Å². The van der Waals surface area contributed by atoms with Crippen LogP contribution in [0.15, 0.2) is 80.1 Å². The second kappa shape index (κ2) is 11.8. The van der Waals surface area contributed by atoms with Crippen LogP contribution in [-0.4, -0.2) is 28.2 Å². The molecule has 1 aliphatic rings. The van der Waals surface area contributed by atoms with Crippen molar-refractivity contribution in [3.8, 4) is 17.1 Å². The van der Waals surface area contributed by atoms with Crippen LogP contribution in [0, 0.1) is 10.1 Å². The normalized spacial score (nSPS) is 15.0. The lowest BCUT2D eigenvalue weighted by Gasteiger charge is -2.26. The molecule has 216 valence electrons. The molecule has 1 aliphatic heterocycles. The van der Waals surface area contributed by atoms with Gasteiger partial charge in [0, 0.05) is 22.7 Å². The first-order chi connectivity index (χ1) is 20.1. The molecular weight excluding hydrogens is 582 g/mol. The monoisotopic (exact) mass is 607 g/mol. The fourth-order valence-electron chi connectivity index (χ4n) is 4.72. The van der Waals surface area contributed by atoms with Crippen molar-refractivity contribution in [1.82, 2.24) is 4.57 Å². The molecule has 0 saturated heterocycles. The number of hydrogen-bond acceptors (Lipinski definition) is 9. The average Bonchev–Trinajstić information content (AvgIpc) is 3.52. The van der Waals surface area contributed by atoms with E-state index in [0.717, 1.165) is 11.3 Å². The van der Waals surface area contributed by atoms with Crippen molar-refractivity contribution in [2.75, 3.05) is 6.61 Å². The SMILES string of the molecule is CCOC(=O)C1=C(C)N=c2s/c(=C\c3ccc(-c4ccc(Cl)cc4[N+](=O)[O-])o3)c(=O)n2[C@@H]1c1ccccc1OC(C)C. The zero-order valence-electron chi connectivity index (χ0n) is 23.1. The third kappa shape index (κ3) is 5.53. The number of fused-ring (bicyclic) bond motifs is 1. The van der Waals surface area contributed by atoms with Crippen LogP contribution in [0.25, 0.3) is 17.4 Å². The molecular formula is C30H26ClN3O7S. The molecule has 12 heteroatoms. The Balaban J connectivity index is 1.66. The number of nitro benzene ring substituents is 1. The predicted molar refractivity (Wildman–Crippen MR) is 158 cm³/mol. The Kier molecular flexibility index (Phi) is 8.15. The summed E-state index contributed by atoms with van der Waals surface area (Å²) in [5.41, 5.74) is 0.945. The minimum Gasteiger partial charge on any atom is -0.491 e. The Morgan fingerprint density at radius 2 is 2.00 bits per heavy atom. The number of nitro groups is 1. The van der Waals surface area contributed by atoms with Crippen molar-refractivity contribution < 1.29 is 23.6 Å². The fraction of sp³-hybridized carbons (Fsp3) is 0.233. The summed E-state index contributed by atoms with van der Waals surface area (Å²) in [4.78, 5) is 43.2. The molecule has 0 spiro atoms. The summed E-state index contributed by atoms with van der Waals surface area (Å²) < 4.78 is 19.1. The molecule has 2 aromatic carbocycles. The van der Waals surface area contributed by atoms with Gasteiger partial charge in [-0.1, -0.05) is 41.1 Å². The van der Waals surface area contributed by atoms with Crippen LogP contribution in [0.3, 0.4) is 0 Å². The zero-order valence-corrected chi connectivity index (χ0v) is 24.7. The molecule has 3 heterocycles. The third-order valence-electron chi connectivity index (χ3n) is 6.42. The van der Waals surface area contributed by atoms with Crippen molar-refractivity contribution in [1.29, 1.82) is 0 Å². The number of halogens is 1. The van der Waals surface area contributed by atoms with Gasteiger partial charge in [0.05, 0.1) is 39.0 Å². The molecule has 0 radical (unpaired) electrons. The molecule has 0 amide bonds. The third-order valence-corrected chi connectivity index (χ3v) is 7.63. The van der Waals surface area contributed by atoms with Crippen LogP contribution >= 0.6 is 22.9 Å². The van der Waals surface area contributed by atoms with Gasteiger partial charge in [-0.05, 0) is 58.0 Å². The standard InChI is InChI=1S/C30H26ClN3O7S/c1-5-39-29(36)26-17(4)32-30-33(27(26)21-8-6-7-9-23(21)40-16(2)3)28(35)25(42-30)15-19-11-13-24(41-19)20-12-10-18(31)14-22(20)34(37)38/h6-16,27H,5H2,1-4H3/b25-15-/t27-/m1/s1. The topological polar surface area (TPSA) is 126 Å². The maximum atomic E-state index is 13.9. The highest BCUT2D eigenvalue weighted by Gasteiger charge is 2.35. The number of para-hydroxylation sites is 1. The molecule has 0 aliphatic carbocycles. The number of esters is 1. The Labute approximate surface area is 248 Å². The number of thiazole rings is 1. The number of carbonyl (C=O) groups excluding carboxylic acids is 1. The first-order valence-corrected chi connectivity index (χ1v) is 14.3. The van der Waals surface area contributed by atoms with Gasteiger partial charge in [0.1, 0.15) is 23.3 Å². The molecule has 1 atom stereocenters. The van der Waals surface area contributed by atoms with E-state index in [-0.39, 0.29) is 40.3 Å². The summed E-state index contributed by atoms with van der Waals surface area (Å²) >= 11 is 7.09. The summed E-state index contributed by atoms with van der Waals surface area (Å²) in [5, 5.41) is 11.8. The van der Waals surface area contributed by atoms with E-state index in [1.807, 2.05) is 32.0 Å². The van der Waals surface area contributed by atoms with Gasteiger partial charge in [0.15, 0.2) is 4.80 Å². The lowest BCUT2D eigenvalue weighted by atomic mass is 9.95. The second-order valence-electron chi connectivity index (χ2n) is 9.63. The number of aromatic nitrogens is 1. The number of nitrogens with zero attached hydrogens (tertiary/aromatic N) is 3. The zero-order chi connectivity index (χ0) is 30.1. The molecule has 4 aromatic rings. The minimum atomic E-state index is -0.846. The summed E-state index contributed by atoms with van der Waals surface area (Å²) in [6, 6.07) is 13.9. The summed E-state index contributed by atoms with van der Waals surface area (Å²) in [5.74, 6) is 0.512. The molecule has 0 unspecified atom stereocenters. The molecule has 42 heavy (non-hydrogen) atoms. The molecule has 2 aromatic heterocycles. The lowest BCUT2D eigenvalue weighted by Crippen LogP contribution is -2.40. The van der Waals surface area contributed by atoms with Gasteiger partial charge in [-0.2, -0.15) is 0 Å². The number of allylic oxidation sites excluding steroid dienone is 1. The van der Waals surface area contributed by atoms with E-state index in [9.17, 15) is 19.7 Å². The van der Waals surface area contributed by atoms with Crippen LogP contribution in [0.1, 0.15) is 45.1 Å². The maximum Gasteiger partial charge on any atom is 0.338 e. The van der Waals surface area contributed by atoms with Crippen molar-refractivity contribution in [3.63, 3.8) is 0 Å². The van der Waals surface area contributed by atoms with E-state index in [2.05, 4.69) is 4.99 Å². The number of hydrogen-bond donors (Lipinski definition) is 0. The highest BCUT2D eigenvalue weighted by atomic mass is 35.5. The van der Waals surface area contributed by atoms with E-state index in [1.165, 1.54) is 22.8 Å². The minimum absolute atomic E-state index is 0.150. The molecule has 5 rings (SSSR count). The van der Waals surface area contributed by atoms with Crippen molar-refractivity contribution >= 4 is 40.7 Å². The maximum absolute atomic E-state index is 13.9. The van der Waals surface area contributed by atoms with E-state index >= 15 is 0 Å². The number of carbonyl (C=O) groups is 1. The van der Waals surface area contributed by atoms with Crippen LogP contribution in [0.5, 0.6) is 5.75 Å². The first-order valence-electron chi connectivity index (χ1n) is 13.1. The Morgan fingerprint density at radius 1 is 1.24 bits per heavy atom. The van der Waals surface area contributed by atoms with Crippen molar-refractivity contribution in [2.24, 2.45) is 4.99 Å². The van der Waals surface area contributed by atoms with Gasteiger partial charge in [0.25, 0.3) is 11.2 Å². The number of benzene rings is 2. The van der Waals surface area contributed by atoms with Crippen LogP contribution in [0.2, 0.25) is 5.02 Å². The number of furan rings is 1. The Bertz CT molecular complexity index is 1920. The highest BCUT2D eigenvalue weighted by Crippen LogP contribution is 2.36. The highest BCUT2D eigenvalue weighted by molar-refractivity contribution is 7.07. The van der Waals surface area contributed by atoms with Gasteiger partial charge in [0.2, 0.25) is 0 Å². The van der Waals surface area contributed by atoms with Crippen LogP contribution in [0.4, 0.5) is 5.69 Å². The van der Waals surface area contributed by atoms with Crippen LogP contribution < -0.4 is 19.6 Å². The quantitative estimate of drug-likeness (QED) is 0.149. The summed E-state index contributed by atoms with van der Waals surface area (Å²) in [6.07, 6.45) is 1.40. The van der Waals surface area contributed by atoms with Gasteiger partial charge in [-0.25, -0.2) is 9.79 Å². The predicted octanol–water partition coefficient (Wildman–Crippen LogP) is 5.41. The molecule has 10 nitrogen and oxygen atoms in total. The van der Waals surface area contributed by atoms with Gasteiger partial charge < -0.3 is 13.9 Å². The van der Waals surface area contributed by atoms with E-state index < -0.39 is 22.5 Å². The van der Waals surface area contributed by atoms with Gasteiger partial charge in [-0.15, -0.1) is 0 Å². The van der Waals surface area contributed by atoms with E-state index in [4.69, 9.17) is 25.5 Å². The number of ether oxygens (including phenoxy) is 2. The molecule has 0 saturated carbocycles. The Morgan fingerprint density at radius 3 is 2.71 bits per heavy atom. The molecule has 0 bridgehead atoms. The van der Waals surface area contributed by atoms with Gasteiger partial charge >= 0.3 is 5.97 Å². The van der Waals surface area contributed by atoms with Crippen molar-refractivity contribution in [3.05, 3.63) is 112 Å². The fourth-order valence-corrected chi connectivity index (χ4v) is 5.92. The molecule has 0 N–H and O–H groups in total. The van der Waals surface area contributed by atoms with Crippen LogP contribution in [-0.2, 0) is 9.53 Å². The van der Waals surface area contributed by atoms with E-state index in [1.54, 1.807) is 38.1 Å². The average molecular weight is 608 g/mol. The Hall–Kier alpha value is -4.48. The molecule has 0 fully saturated rings. The lowest BCUT2D eigenvalue weighted by molar-refractivity contribution is -0.384. The van der Waals surface area contributed by atoms with Crippen molar-refractivity contribution in [2.45, 2.75) is 39.8 Å². The first kappa shape index (κ1) is 29.0. The largest absolute Gasteiger partial charge is 0.491 e. The smallest absolute Gasteiger partial charge is 0.338 e. The summed E-state index contributed by atoms with van der Waals surface area (Å²) in [6.45, 7) is 7.37.